The van der Waals surface area contributed by atoms with Gasteiger partial charge in [-0.2, -0.15) is 0 Å². The van der Waals surface area contributed by atoms with Crippen molar-refractivity contribution in [1.82, 2.24) is 0 Å². The fourth-order valence-corrected chi connectivity index (χ4v) is 1.42. The van der Waals surface area contributed by atoms with Crippen LogP contribution in [0.3, 0.4) is 0 Å². The van der Waals surface area contributed by atoms with Gasteiger partial charge in [-0.15, -0.1) is 0 Å². The summed E-state index contributed by atoms with van der Waals surface area (Å²) in [7, 11) is 0. The van der Waals surface area contributed by atoms with Crippen LogP contribution in [0.15, 0.2) is 30.3 Å². The minimum absolute atomic E-state index is 0.0580. The van der Waals surface area contributed by atoms with Crippen LogP contribution in [-0.2, 0) is 14.3 Å². The summed E-state index contributed by atoms with van der Waals surface area (Å²) in [6, 6.07) is 9.06. The van der Waals surface area contributed by atoms with Crippen LogP contribution >= 0.6 is 0 Å². The maximum Gasteiger partial charge on any atom is 0.326 e. The molecule has 0 saturated heterocycles. The molecular weight excluding hydrogens is 218 g/mol. The number of hydrogen-bond acceptors (Lipinski definition) is 3. The van der Waals surface area contributed by atoms with Crippen molar-refractivity contribution in [3.63, 3.8) is 0 Å². The van der Waals surface area contributed by atoms with E-state index in [-0.39, 0.29) is 18.6 Å². The molecule has 0 N–H and O–H groups in total. The van der Waals surface area contributed by atoms with E-state index in [9.17, 15) is 9.59 Å². The summed E-state index contributed by atoms with van der Waals surface area (Å²) in [5.41, 5.74) is 0.695. The van der Waals surface area contributed by atoms with Crippen LogP contribution in [0.2, 0.25) is 0 Å². The molecule has 4 nitrogen and oxygen atoms in total. The lowest BCUT2D eigenvalue weighted by atomic mass is 10.3. The van der Waals surface area contributed by atoms with Gasteiger partial charge in [0.15, 0.2) is 0 Å². The number of anilines is 1. The van der Waals surface area contributed by atoms with Crippen LogP contribution in [0.5, 0.6) is 0 Å². The Bertz CT molecular complexity index is 387. The maximum atomic E-state index is 11.5. The normalized spacial score (nSPS) is 10.1. The number of para-hydroxylation sites is 1. The first-order valence-corrected chi connectivity index (χ1v) is 5.53. The van der Waals surface area contributed by atoms with Crippen molar-refractivity contribution in [1.29, 1.82) is 0 Å². The van der Waals surface area contributed by atoms with Crippen molar-refractivity contribution < 1.29 is 14.3 Å². The molecule has 92 valence electrons. The first-order chi connectivity index (χ1) is 8.00. The maximum absolute atomic E-state index is 11.5. The topological polar surface area (TPSA) is 46.6 Å². The predicted molar refractivity (Wildman–Crippen MR) is 65.7 cm³/mol. The molecule has 0 atom stereocenters. The fourth-order valence-electron chi connectivity index (χ4n) is 1.42. The number of benzene rings is 1. The van der Waals surface area contributed by atoms with E-state index >= 15 is 0 Å². The number of hydrogen-bond donors (Lipinski definition) is 0. The highest BCUT2D eigenvalue weighted by atomic mass is 16.5. The lowest BCUT2D eigenvalue weighted by Crippen LogP contribution is -2.35. The number of carbonyl (C=O) groups is 2. The average Bonchev–Trinajstić information content (AvgIpc) is 2.25. The fraction of sp³-hybridized carbons (Fsp3) is 0.385. The van der Waals surface area contributed by atoms with Crippen molar-refractivity contribution in [2.75, 3.05) is 11.4 Å². The SMILES string of the molecule is CC(=O)N(CC(=O)OC(C)C)c1ccccc1. The molecule has 0 heterocycles. The lowest BCUT2D eigenvalue weighted by molar-refractivity contribution is -0.146. The molecule has 1 amide bonds. The molecule has 1 aromatic carbocycles. The van der Waals surface area contributed by atoms with Gasteiger partial charge in [-0.3, -0.25) is 9.59 Å². The molecule has 1 rings (SSSR count). The van der Waals surface area contributed by atoms with Crippen LogP contribution in [-0.4, -0.2) is 24.5 Å². The Hall–Kier alpha value is -1.84. The Kier molecular flexibility index (Phi) is 4.69. The van der Waals surface area contributed by atoms with Crippen molar-refractivity contribution in [2.45, 2.75) is 26.9 Å². The number of carbonyl (C=O) groups excluding carboxylic acids is 2. The second-order valence-corrected chi connectivity index (χ2v) is 3.98. The quantitative estimate of drug-likeness (QED) is 0.750. The number of esters is 1. The Morgan fingerprint density at radius 1 is 1.24 bits per heavy atom. The molecule has 0 aliphatic rings. The van der Waals surface area contributed by atoms with E-state index in [1.807, 2.05) is 18.2 Å². The number of amides is 1. The molecule has 0 bridgehead atoms. The Labute approximate surface area is 101 Å². The summed E-state index contributed by atoms with van der Waals surface area (Å²) in [4.78, 5) is 24.4. The van der Waals surface area contributed by atoms with Gasteiger partial charge in [-0.05, 0) is 26.0 Å². The molecule has 4 heteroatoms. The number of rotatable bonds is 4. The lowest BCUT2D eigenvalue weighted by Gasteiger charge is -2.20. The van der Waals surface area contributed by atoms with Crippen LogP contribution in [0.4, 0.5) is 5.69 Å². The molecule has 0 saturated carbocycles. The molecule has 0 spiro atoms. The summed E-state index contributed by atoms with van der Waals surface area (Å²) in [6.07, 6.45) is -0.174. The minimum Gasteiger partial charge on any atom is -0.462 e. The van der Waals surface area contributed by atoms with Crippen LogP contribution in [0.1, 0.15) is 20.8 Å². The monoisotopic (exact) mass is 235 g/mol. The van der Waals surface area contributed by atoms with E-state index in [0.717, 1.165) is 0 Å². The molecular formula is C13H17NO3. The predicted octanol–water partition coefficient (Wildman–Crippen LogP) is 1.99. The highest BCUT2D eigenvalue weighted by Gasteiger charge is 2.16. The summed E-state index contributed by atoms with van der Waals surface area (Å²) in [6.45, 7) is 4.92. The summed E-state index contributed by atoms with van der Waals surface area (Å²) in [5, 5.41) is 0. The summed E-state index contributed by atoms with van der Waals surface area (Å²) in [5.74, 6) is -0.587. The second-order valence-electron chi connectivity index (χ2n) is 3.98. The van der Waals surface area contributed by atoms with Gasteiger partial charge in [0.2, 0.25) is 5.91 Å². The highest BCUT2D eigenvalue weighted by molar-refractivity contribution is 5.96. The van der Waals surface area contributed by atoms with E-state index in [0.29, 0.717) is 5.69 Å². The van der Waals surface area contributed by atoms with Crippen molar-refractivity contribution in [3.8, 4) is 0 Å². The Morgan fingerprint density at radius 2 is 1.82 bits per heavy atom. The number of nitrogens with zero attached hydrogens (tertiary/aromatic N) is 1. The van der Waals surface area contributed by atoms with E-state index < -0.39 is 5.97 Å². The first-order valence-electron chi connectivity index (χ1n) is 5.53. The van der Waals surface area contributed by atoms with Crippen molar-refractivity contribution in [2.24, 2.45) is 0 Å². The van der Waals surface area contributed by atoms with Gasteiger partial charge in [0.25, 0.3) is 0 Å². The first kappa shape index (κ1) is 13.2. The van der Waals surface area contributed by atoms with E-state index in [2.05, 4.69) is 0 Å². The summed E-state index contributed by atoms with van der Waals surface area (Å²) >= 11 is 0. The van der Waals surface area contributed by atoms with Gasteiger partial charge in [0.1, 0.15) is 6.54 Å². The molecule has 0 aliphatic heterocycles. The van der Waals surface area contributed by atoms with Gasteiger partial charge in [0.05, 0.1) is 6.10 Å². The van der Waals surface area contributed by atoms with Gasteiger partial charge in [-0.1, -0.05) is 18.2 Å². The molecule has 17 heavy (non-hydrogen) atoms. The zero-order valence-corrected chi connectivity index (χ0v) is 10.3. The van der Waals surface area contributed by atoms with Crippen molar-refractivity contribution >= 4 is 17.6 Å². The molecule has 0 unspecified atom stereocenters. The van der Waals surface area contributed by atoms with E-state index in [1.54, 1.807) is 26.0 Å². The third-order valence-corrected chi connectivity index (χ3v) is 2.10. The third-order valence-electron chi connectivity index (χ3n) is 2.10. The van der Waals surface area contributed by atoms with E-state index in [1.165, 1.54) is 11.8 Å². The van der Waals surface area contributed by atoms with E-state index in [4.69, 9.17) is 4.74 Å². The molecule has 1 aromatic rings. The Balaban J connectivity index is 2.75. The van der Waals surface area contributed by atoms with Crippen LogP contribution in [0, 0.1) is 0 Å². The van der Waals surface area contributed by atoms with Gasteiger partial charge >= 0.3 is 5.97 Å². The van der Waals surface area contributed by atoms with Crippen LogP contribution in [0.25, 0.3) is 0 Å². The highest BCUT2D eigenvalue weighted by Crippen LogP contribution is 2.13. The zero-order valence-electron chi connectivity index (χ0n) is 10.3. The second kappa shape index (κ2) is 6.03. The average molecular weight is 235 g/mol. The largest absolute Gasteiger partial charge is 0.462 e. The standard InChI is InChI=1S/C13H17NO3/c1-10(2)17-13(16)9-14(11(3)15)12-7-5-4-6-8-12/h4-8,10H,9H2,1-3H3. The minimum atomic E-state index is -0.404. The van der Waals surface area contributed by atoms with Gasteiger partial charge in [0, 0.05) is 12.6 Å². The van der Waals surface area contributed by atoms with Gasteiger partial charge in [-0.25, -0.2) is 0 Å². The van der Waals surface area contributed by atoms with Crippen molar-refractivity contribution in [3.05, 3.63) is 30.3 Å². The molecule has 0 aromatic heterocycles. The van der Waals surface area contributed by atoms with Gasteiger partial charge < -0.3 is 9.64 Å². The van der Waals surface area contributed by atoms with Crippen LogP contribution < -0.4 is 4.90 Å². The Morgan fingerprint density at radius 3 is 2.29 bits per heavy atom. The number of ether oxygens (including phenoxy) is 1. The molecule has 0 fully saturated rings. The zero-order chi connectivity index (χ0) is 12.8. The molecule has 0 aliphatic carbocycles. The third kappa shape index (κ3) is 4.26. The molecule has 0 radical (unpaired) electrons. The smallest absolute Gasteiger partial charge is 0.326 e. The summed E-state index contributed by atoms with van der Waals surface area (Å²) < 4.78 is 5.02.